The lowest BCUT2D eigenvalue weighted by Gasteiger charge is -2.08. The Balaban J connectivity index is 1.56. The number of nitrogens with zero attached hydrogens (tertiary/aromatic N) is 1. The number of amides is 1. The molecule has 1 heterocycles. The molecule has 0 unspecified atom stereocenters. The first-order valence-electron chi connectivity index (χ1n) is 8.53. The van der Waals surface area contributed by atoms with E-state index in [4.69, 9.17) is 14.9 Å². The highest BCUT2D eigenvalue weighted by Crippen LogP contribution is 2.22. The second-order valence-electron chi connectivity index (χ2n) is 6.11. The molecule has 144 valence electrons. The molecule has 8 heteroatoms. The van der Waals surface area contributed by atoms with Crippen LogP contribution < -0.4 is 11.1 Å². The number of nitro benzene ring substituents is 1. The predicted molar refractivity (Wildman–Crippen MR) is 102 cm³/mol. The Morgan fingerprint density at radius 3 is 2.68 bits per heavy atom. The fraction of sp³-hybridized carbons (Fsp3) is 0.150. The summed E-state index contributed by atoms with van der Waals surface area (Å²) in [6, 6.07) is 15.2. The molecule has 8 nitrogen and oxygen atoms in total. The van der Waals surface area contributed by atoms with Gasteiger partial charge in [-0.15, -0.1) is 0 Å². The van der Waals surface area contributed by atoms with Crippen molar-refractivity contribution in [1.82, 2.24) is 5.32 Å². The summed E-state index contributed by atoms with van der Waals surface area (Å²) in [5.41, 5.74) is 7.31. The molecule has 3 aromatic rings. The summed E-state index contributed by atoms with van der Waals surface area (Å²) in [6.45, 7) is 1.07. The van der Waals surface area contributed by atoms with Gasteiger partial charge in [0.25, 0.3) is 11.6 Å². The van der Waals surface area contributed by atoms with E-state index in [-0.39, 0.29) is 23.5 Å². The van der Waals surface area contributed by atoms with E-state index in [2.05, 4.69) is 5.32 Å². The van der Waals surface area contributed by atoms with E-state index >= 15 is 0 Å². The number of ether oxygens (including phenoxy) is 1. The monoisotopic (exact) mass is 381 g/mol. The third kappa shape index (κ3) is 4.95. The first-order valence-corrected chi connectivity index (χ1v) is 8.53. The van der Waals surface area contributed by atoms with Gasteiger partial charge in [-0.2, -0.15) is 0 Å². The first kappa shape index (κ1) is 19.1. The predicted octanol–water partition coefficient (Wildman–Crippen LogP) is 3.42. The second kappa shape index (κ2) is 8.83. The minimum Gasteiger partial charge on any atom is -0.467 e. The van der Waals surface area contributed by atoms with Gasteiger partial charge in [-0.3, -0.25) is 14.9 Å². The molecule has 0 spiro atoms. The number of nitro groups is 1. The zero-order valence-corrected chi connectivity index (χ0v) is 15.0. The maximum Gasteiger partial charge on any atom is 0.292 e. The van der Waals surface area contributed by atoms with Gasteiger partial charge < -0.3 is 20.2 Å². The summed E-state index contributed by atoms with van der Waals surface area (Å²) in [5, 5.41) is 13.7. The Morgan fingerprint density at radius 1 is 1.11 bits per heavy atom. The topological polar surface area (TPSA) is 121 Å². The van der Waals surface area contributed by atoms with Crippen LogP contribution in [0.5, 0.6) is 0 Å². The molecule has 0 aliphatic rings. The molecule has 2 aromatic carbocycles. The number of benzene rings is 2. The van der Waals surface area contributed by atoms with Gasteiger partial charge in [-0.05, 0) is 35.4 Å². The second-order valence-corrected chi connectivity index (χ2v) is 6.11. The molecule has 0 aliphatic carbocycles. The average molecular weight is 381 g/mol. The highest BCUT2D eigenvalue weighted by molar-refractivity contribution is 5.95. The third-order valence-corrected chi connectivity index (χ3v) is 4.03. The van der Waals surface area contributed by atoms with Gasteiger partial charge in [-0.1, -0.05) is 24.3 Å². The summed E-state index contributed by atoms with van der Waals surface area (Å²) < 4.78 is 10.8. The molecule has 3 rings (SSSR count). The largest absolute Gasteiger partial charge is 0.467 e. The van der Waals surface area contributed by atoms with Gasteiger partial charge >= 0.3 is 0 Å². The van der Waals surface area contributed by atoms with Crippen LogP contribution in [-0.4, -0.2) is 10.8 Å². The van der Waals surface area contributed by atoms with Crippen LogP contribution in [0.25, 0.3) is 0 Å². The molecule has 1 aromatic heterocycles. The molecule has 0 aliphatic heterocycles. The SMILES string of the molecule is Nc1ccc(C(=O)NCc2cccc(COCc3ccco3)c2)cc1[N+](=O)[O-]. The molecule has 0 saturated heterocycles. The average Bonchev–Trinajstić information content (AvgIpc) is 3.20. The van der Waals surface area contributed by atoms with E-state index in [0.717, 1.165) is 16.9 Å². The first-order chi connectivity index (χ1) is 13.5. The van der Waals surface area contributed by atoms with Crippen molar-refractivity contribution in [1.29, 1.82) is 0 Å². The number of carbonyl (C=O) groups is 1. The van der Waals surface area contributed by atoms with E-state index in [1.807, 2.05) is 30.3 Å². The van der Waals surface area contributed by atoms with Crippen LogP contribution >= 0.6 is 0 Å². The number of hydrogen-bond donors (Lipinski definition) is 2. The lowest BCUT2D eigenvalue weighted by molar-refractivity contribution is -0.383. The van der Waals surface area contributed by atoms with E-state index in [9.17, 15) is 14.9 Å². The van der Waals surface area contributed by atoms with Gasteiger partial charge in [0.2, 0.25) is 0 Å². The standard InChI is InChI=1S/C20H19N3O5/c21-18-7-6-16(10-19(18)23(25)26)20(24)22-11-14-3-1-4-15(9-14)12-27-13-17-5-2-8-28-17/h1-10H,11-13,21H2,(H,22,24). The van der Waals surface area contributed by atoms with Crippen molar-refractivity contribution in [3.05, 3.63) is 93.4 Å². The molecule has 0 saturated carbocycles. The summed E-state index contributed by atoms with van der Waals surface area (Å²) in [4.78, 5) is 22.6. The molecular weight excluding hydrogens is 362 g/mol. The Bertz CT molecular complexity index is 970. The van der Waals surface area contributed by atoms with Crippen molar-refractivity contribution in [2.24, 2.45) is 0 Å². The third-order valence-electron chi connectivity index (χ3n) is 4.03. The maximum absolute atomic E-state index is 12.3. The molecule has 0 radical (unpaired) electrons. The van der Waals surface area contributed by atoms with Crippen molar-refractivity contribution in [3.8, 4) is 0 Å². The lowest BCUT2D eigenvalue weighted by Crippen LogP contribution is -2.23. The number of anilines is 1. The van der Waals surface area contributed by atoms with Crippen molar-refractivity contribution in [2.75, 3.05) is 5.73 Å². The molecular formula is C20H19N3O5. The highest BCUT2D eigenvalue weighted by Gasteiger charge is 2.15. The smallest absolute Gasteiger partial charge is 0.292 e. The van der Waals surface area contributed by atoms with Crippen LogP contribution in [0.1, 0.15) is 27.2 Å². The molecule has 3 N–H and O–H groups in total. The minimum atomic E-state index is -0.613. The summed E-state index contributed by atoms with van der Waals surface area (Å²) in [5.74, 6) is 0.337. The van der Waals surface area contributed by atoms with Crippen LogP contribution in [0.4, 0.5) is 11.4 Å². The molecule has 1 amide bonds. The van der Waals surface area contributed by atoms with Crippen LogP contribution in [-0.2, 0) is 24.5 Å². The number of hydrogen-bond acceptors (Lipinski definition) is 6. The quantitative estimate of drug-likeness (QED) is 0.350. The van der Waals surface area contributed by atoms with Gasteiger partial charge in [-0.25, -0.2) is 0 Å². The lowest BCUT2D eigenvalue weighted by atomic mass is 10.1. The number of carbonyl (C=O) groups excluding carboxylic acids is 1. The van der Waals surface area contributed by atoms with Crippen molar-refractivity contribution >= 4 is 17.3 Å². The van der Waals surface area contributed by atoms with Crippen LogP contribution in [0.15, 0.2) is 65.3 Å². The Kier molecular flexibility index (Phi) is 6.03. The number of rotatable bonds is 8. The molecule has 0 bridgehead atoms. The number of nitrogen functional groups attached to an aromatic ring is 1. The maximum atomic E-state index is 12.3. The van der Waals surface area contributed by atoms with Crippen LogP contribution in [0.2, 0.25) is 0 Å². The minimum absolute atomic E-state index is 0.0174. The molecule has 0 atom stereocenters. The van der Waals surface area contributed by atoms with Gasteiger partial charge in [0, 0.05) is 18.2 Å². The van der Waals surface area contributed by atoms with E-state index in [1.165, 1.54) is 18.2 Å². The van der Waals surface area contributed by atoms with Crippen LogP contribution in [0.3, 0.4) is 0 Å². The van der Waals surface area contributed by atoms with Gasteiger partial charge in [0.05, 0.1) is 17.8 Å². The van der Waals surface area contributed by atoms with Crippen LogP contribution in [0, 0.1) is 10.1 Å². The van der Waals surface area contributed by atoms with Gasteiger partial charge in [0.15, 0.2) is 0 Å². The number of nitrogens with one attached hydrogen (secondary N) is 1. The fourth-order valence-electron chi connectivity index (χ4n) is 2.62. The van der Waals surface area contributed by atoms with Crippen molar-refractivity contribution in [2.45, 2.75) is 19.8 Å². The molecule has 0 fully saturated rings. The summed E-state index contributed by atoms with van der Waals surface area (Å²) >= 11 is 0. The normalized spacial score (nSPS) is 10.6. The summed E-state index contributed by atoms with van der Waals surface area (Å²) in [6.07, 6.45) is 1.59. The van der Waals surface area contributed by atoms with Crippen molar-refractivity contribution in [3.63, 3.8) is 0 Å². The van der Waals surface area contributed by atoms with Crippen molar-refractivity contribution < 1.29 is 18.9 Å². The van der Waals surface area contributed by atoms with E-state index in [1.54, 1.807) is 12.3 Å². The Labute approximate surface area is 161 Å². The zero-order chi connectivity index (χ0) is 19.9. The van der Waals surface area contributed by atoms with Gasteiger partial charge in [0.1, 0.15) is 18.1 Å². The zero-order valence-electron chi connectivity index (χ0n) is 15.0. The van der Waals surface area contributed by atoms with E-state index < -0.39 is 10.8 Å². The number of furan rings is 1. The van der Waals surface area contributed by atoms with E-state index in [0.29, 0.717) is 13.2 Å². The molecule has 28 heavy (non-hydrogen) atoms. The fourth-order valence-corrected chi connectivity index (χ4v) is 2.62. The Hall–Kier alpha value is -3.65. The number of nitrogens with two attached hydrogens (primary N) is 1. The highest BCUT2D eigenvalue weighted by atomic mass is 16.6. The Morgan fingerprint density at radius 2 is 1.93 bits per heavy atom. The summed E-state index contributed by atoms with van der Waals surface area (Å²) in [7, 11) is 0.